The van der Waals surface area contributed by atoms with Gasteiger partial charge in [-0.15, -0.1) is 0 Å². The SMILES string of the molecule is C=C(C)C(=O)OCCCCCc1ccc(O)c(O)c1. The fourth-order valence-corrected chi connectivity index (χ4v) is 1.62. The van der Waals surface area contributed by atoms with Gasteiger partial charge in [-0.05, 0) is 50.3 Å². The molecule has 1 aromatic carbocycles. The number of carbonyl (C=O) groups is 1. The first kappa shape index (κ1) is 15.1. The van der Waals surface area contributed by atoms with E-state index in [9.17, 15) is 15.0 Å². The molecule has 0 amide bonds. The number of phenols is 2. The van der Waals surface area contributed by atoms with Gasteiger partial charge in [0.15, 0.2) is 11.5 Å². The minimum atomic E-state index is -0.344. The topological polar surface area (TPSA) is 66.8 Å². The van der Waals surface area contributed by atoms with Crippen molar-refractivity contribution in [3.8, 4) is 11.5 Å². The molecule has 0 spiro atoms. The van der Waals surface area contributed by atoms with E-state index in [0.717, 1.165) is 31.2 Å². The third kappa shape index (κ3) is 5.46. The lowest BCUT2D eigenvalue weighted by molar-refractivity contribution is -0.139. The summed E-state index contributed by atoms with van der Waals surface area (Å²) in [6.45, 7) is 5.54. The highest BCUT2D eigenvalue weighted by molar-refractivity contribution is 5.86. The van der Waals surface area contributed by atoms with Crippen LogP contribution in [0, 0.1) is 0 Å². The summed E-state index contributed by atoms with van der Waals surface area (Å²) in [6.07, 6.45) is 3.51. The van der Waals surface area contributed by atoms with Crippen molar-refractivity contribution in [2.45, 2.75) is 32.6 Å². The summed E-state index contributed by atoms with van der Waals surface area (Å²) in [7, 11) is 0. The summed E-state index contributed by atoms with van der Waals surface area (Å²) in [5.41, 5.74) is 1.40. The minimum absolute atomic E-state index is 0.0899. The van der Waals surface area contributed by atoms with Gasteiger partial charge in [0.2, 0.25) is 0 Å². The fraction of sp³-hybridized carbons (Fsp3) is 0.400. The zero-order valence-corrected chi connectivity index (χ0v) is 11.2. The predicted molar refractivity (Wildman–Crippen MR) is 73.1 cm³/mol. The predicted octanol–water partition coefficient (Wildman–Crippen LogP) is 2.93. The van der Waals surface area contributed by atoms with Crippen molar-refractivity contribution >= 4 is 5.97 Å². The number of ether oxygens (including phenoxy) is 1. The van der Waals surface area contributed by atoms with E-state index in [1.807, 2.05) is 0 Å². The average molecular weight is 264 g/mol. The first-order valence-corrected chi connectivity index (χ1v) is 6.34. The fourth-order valence-electron chi connectivity index (χ4n) is 1.62. The Balaban J connectivity index is 2.15. The summed E-state index contributed by atoms with van der Waals surface area (Å²) < 4.78 is 4.98. The van der Waals surface area contributed by atoms with Crippen molar-refractivity contribution in [1.29, 1.82) is 0 Å². The largest absolute Gasteiger partial charge is 0.504 e. The number of hydrogen-bond acceptors (Lipinski definition) is 4. The van der Waals surface area contributed by atoms with Gasteiger partial charge < -0.3 is 14.9 Å². The molecule has 0 saturated carbocycles. The Hall–Kier alpha value is -1.97. The highest BCUT2D eigenvalue weighted by atomic mass is 16.5. The van der Waals surface area contributed by atoms with Crippen LogP contribution in [-0.2, 0) is 16.0 Å². The maximum Gasteiger partial charge on any atom is 0.333 e. The smallest absolute Gasteiger partial charge is 0.333 e. The minimum Gasteiger partial charge on any atom is -0.504 e. The number of carbonyl (C=O) groups excluding carboxylic acids is 1. The average Bonchev–Trinajstić information content (AvgIpc) is 2.37. The molecule has 0 radical (unpaired) electrons. The number of unbranched alkanes of at least 4 members (excludes halogenated alkanes) is 2. The maximum atomic E-state index is 11.1. The summed E-state index contributed by atoms with van der Waals surface area (Å²) in [6, 6.07) is 4.84. The highest BCUT2D eigenvalue weighted by Crippen LogP contribution is 2.25. The normalized spacial score (nSPS) is 10.2. The molecule has 104 valence electrons. The Kier molecular flexibility index (Phi) is 5.93. The Morgan fingerprint density at radius 2 is 1.95 bits per heavy atom. The van der Waals surface area contributed by atoms with Gasteiger partial charge in [0, 0.05) is 5.57 Å². The van der Waals surface area contributed by atoms with Crippen LogP contribution in [0.4, 0.5) is 0 Å². The first-order chi connectivity index (χ1) is 9.00. The van der Waals surface area contributed by atoms with Crippen molar-refractivity contribution in [2.75, 3.05) is 6.61 Å². The summed E-state index contributed by atoms with van der Waals surface area (Å²) in [5.74, 6) is -0.535. The summed E-state index contributed by atoms with van der Waals surface area (Å²) in [4.78, 5) is 11.1. The lowest BCUT2D eigenvalue weighted by Gasteiger charge is -2.05. The van der Waals surface area contributed by atoms with Gasteiger partial charge in [-0.25, -0.2) is 4.79 Å². The molecule has 19 heavy (non-hydrogen) atoms. The highest BCUT2D eigenvalue weighted by Gasteiger charge is 2.03. The molecule has 0 aliphatic carbocycles. The van der Waals surface area contributed by atoms with E-state index >= 15 is 0 Å². The second-order valence-corrected chi connectivity index (χ2v) is 4.55. The van der Waals surface area contributed by atoms with Gasteiger partial charge in [-0.2, -0.15) is 0 Å². The molecule has 0 saturated heterocycles. The van der Waals surface area contributed by atoms with Gasteiger partial charge in [-0.3, -0.25) is 0 Å². The van der Waals surface area contributed by atoms with Crippen molar-refractivity contribution in [1.82, 2.24) is 0 Å². The van der Waals surface area contributed by atoms with Gasteiger partial charge in [0.25, 0.3) is 0 Å². The number of benzene rings is 1. The molecular formula is C15H20O4. The standard InChI is InChI=1S/C15H20O4/c1-11(2)15(18)19-9-5-3-4-6-12-7-8-13(16)14(17)10-12/h7-8,10,16-17H,1,3-6,9H2,2H3. The molecule has 0 aromatic heterocycles. The van der Waals surface area contributed by atoms with Crippen LogP contribution in [-0.4, -0.2) is 22.8 Å². The Morgan fingerprint density at radius 3 is 2.58 bits per heavy atom. The number of aromatic hydroxyl groups is 2. The molecule has 0 unspecified atom stereocenters. The monoisotopic (exact) mass is 264 g/mol. The molecule has 1 aromatic rings. The van der Waals surface area contributed by atoms with Crippen LogP contribution in [0.25, 0.3) is 0 Å². The Bertz CT molecular complexity index is 451. The molecule has 4 heteroatoms. The number of aryl methyl sites for hydroxylation is 1. The van der Waals surface area contributed by atoms with Crippen molar-refractivity contribution in [3.63, 3.8) is 0 Å². The summed E-state index contributed by atoms with van der Waals surface area (Å²) >= 11 is 0. The molecule has 2 N–H and O–H groups in total. The first-order valence-electron chi connectivity index (χ1n) is 6.34. The van der Waals surface area contributed by atoms with Crippen LogP contribution in [0.5, 0.6) is 11.5 Å². The van der Waals surface area contributed by atoms with Crippen molar-refractivity contribution < 1.29 is 19.7 Å². The molecular weight excluding hydrogens is 244 g/mol. The molecule has 0 aliphatic heterocycles. The van der Waals surface area contributed by atoms with Gasteiger partial charge >= 0.3 is 5.97 Å². The lowest BCUT2D eigenvalue weighted by atomic mass is 10.1. The number of hydrogen-bond donors (Lipinski definition) is 2. The summed E-state index contributed by atoms with van der Waals surface area (Å²) in [5, 5.41) is 18.5. The van der Waals surface area contributed by atoms with E-state index < -0.39 is 0 Å². The molecule has 0 bridgehead atoms. The van der Waals surface area contributed by atoms with Crippen molar-refractivity contribution in [2.24, 2.45) is 0 Å². The van der Waals surface area contributed by atoms with Crippen LogP contribution < -0.4 is 0 Å². The molecule has 4 nitrogen and oxygen atoms in total. The van der Waals surface area contributed by atoms with Gasteiger partial charge in [0.05, 0.1) is 6.61 Å². The Morgan fingerprint density at radius 1 is 1.21 bits per heavy atom. The third-order valence-corrected chi connectivity index (χ3v) is 2.73. The molecule has 0 heterocycles. The molecule has 1 rings (SSSR count). The number of rotatable bonds is 7. The van der Waals surface area contributed by atoms with Crippen LogP contribution in [0.1, 0.15) is 31.7 Å². The van der Waals surface area contributed by atoms with E-state index in [1.165, 1.54) is 6.07 Å². The van der Waals surface area contributed by atoms with E-state index in [2.05, 4.69) is 6.58 Å². The zero-order valence-electron chi connectivity index (χ0n) is 11.2. The Labute approximate surface area is 113 Å². The van der Waals surface area contributed by atoms with Crippen LogP contribution in [0.2, 0.25) is 0 Å². The van der Waals surface area contributed by atoms with E-state index in [1.54, 1.807) is 19.1 Å². The zero-order chi connectivity index (χ0) is 14.3. The number of phenolic OH excluding ortho intramolecular Hbond substituents is 2. The molecule has 0 aliphatic rings. The van der Waals surface area contributed by atoms with Gasteiger partial charge in [0.1, 0.15) is 0 Å². The lowest BCUT2D eigenvalue weighted by Crippen LogP contribution is -2.06. The van der Waals surface area contributed by atoms with E-state index in [-0.39, 0.29) is 17.5 Å². The second kappa shape index (κ2) is 7.46. The van der Waals surface area contributed by atoms with Crippen LogP contribution in [0.15, 0.2) is 30.4 Å². The van der Waals surface area contributed by atoms with Gasteiger partial charge in [-0.1, -0.05) is 12.6 Å². The molecule has 0 atom stereocenters. The number of esters is 1. The quantitative estimate of drug-likeness (QED) is 0.344. The second-order valence-electron chi connectivity index (χ2n) is 4.55. The van der Waals surface area contributed by atoms with E-state index in [0.29, 0.717) is 12.2 Å². The molecule has 0 fully saturated rings. The maximum absolute atomic E-state index is 11.1. The van der Waals surface area contributed by atoms with Crippen LogP contribution >= 0.6 is 0 Å². The van der Waals surface area contributed by atoms with E-state index in [4.69, 9.17) is 4.74 Å². The van der Waals surface area contributed by atoms with Crippen molar-refractivity contribution in [3.05, 3.63) is 35.9 Å². The third-order valence-electron chi connectivity index (χ3n) is 2.73. The van der Waals surface area contributed by atoms with Crippen LogP contribution in [0.3, 0.4) is 0 Å².